The van der Waals surface area contributed by atoms with E-state index in [2.05, 4.69) is 31.3 Å². The maximum absolute atomic E-state index is 13.0. The molecule has 1 N–H and O–H groups in total. The van der Waals surface area contributed by atoms with Crippen molar-refractivity contribution in [2.45, 2.75) is 46.1 Å². The molecule has 3 amide bonds. The maximum atomic E-state index is 13.0. The highest BCUT2D eigenvalue weighted by atomic mass is 16.5. The number of fused-ring (bicyclic) bond motifs is 5. The van der Waals surface area contributed by atoms with Gasteiger partial charge in [0.05, 0.1) is 18.9 Å². The number of aryl methyl sites for hydroxylation is 1. The zero-order chi connectivity index (χ0) is 21.0. The number of ether oxygens (including phenoxy) is 1. The predicted molar refractivity (Wildman–Crippen MR) is 109 cm³/mol. The first kappa shape index (κ1) is 19.7. The molecule has 1 heterocycles. The second kappa shape index (κ2) is 7.01. The molecule has 3 aliphatic rings. The van der Waals surface area contributed by atoms with E-state index in [1.54, 1.807) is 14.0 Å². The first-order valence-corrected chi connectivity index (χ1v) is 10.3. The van der Waals surface area contributed by atoms with E-state index < -0.39 is 6.04 Å². The van der Waals surface area contributed by atoms with Crippen LogP contribution in [0.1, 0.15) is 44.2 Å². The Balaban J connectivity index is 1.55. The lowest BCUT2D eigenvalue weighted by Crippen LogP contribution is -2.46. The van der Waals surface area contributed by atoms with Crippen molar-refractivity contribution < 1.29 is 19.1 Å². The molecule has 1 saturated heterocycles. The van der Waals surface area contributed by atoms with Gasteiger partial charge in [0.15, 0.2) is 0 Å². The van der Waals surface area contributed by atoms with Crippen molar-refractivity contribution >= 4 is 23.4 Å². The van der Waals surface area contributed by atoms with Crippen molar-refractivity contribution in [2.24, 2.45) is 23.7 Å². The smallest absolute Gasteiger partial charge is 0.247 e. The molecule has 1 saturated carbocycles. The number of benzene rings is 1. The van der Waals surface area contributed by atoms with Crippen LogP contribution in [0.25, 0.3) is 0 Å². The lowest BCUT2D eigenvalue weighted by Gasteiger charge is -2.24. The van der Waals surface area contributed by atoms with Crippen molar-refractivity contribution in [1.82, 2.24) is 4.90 Å². The van der Waals surface area contributed by atoms with Gasteiger partial charge in [-0.05, 0) is 61.3 Å². The molecule has 5 atom stereocenters. The van der Waals surface area contributed by atoms with Crippen LogP contribution in [0.2, 0.25) is 0 Å². The highest BCUT2D eigenvalue weighted by Gasteiger charge is 2.60. The van der Waals surface area contributed by atoms with Gasteiger partial charge in [-0.15, -0.1) is 0 Å². The molecule has 154 valence electrons. The highest BCUT2D eigenvalue weighted by molar-refractivity contribution is 6.10. The van der Waals surface area contributed by atoms with Crippen LogP contribution >= 0.6 is 0 Å². The minimum absolute atomic E-state index is 0.138. The molecule has 1 aromatic rings. The Hall–Kier alpha value is -2.63. The van der Waals surface area contributed by atoms with Crippen LogP contribution in [-0.2, 0) is 14.4 Å². The number of carbonyl (C=O) groups is 3. The summed E-state index contributed by atoms with van der Waals surface area (Å²) in [5.41, 5.74) is 2.53. The number of anilines is 1. The van der Waals surface area contributed by atoms with Gasteiger partial charge in [0.25, 0.3) is 0 Å². The molecular formula is C23H28N2O4. The van der Waals surface area contributed by atoms with E-state index in [0.29, 0.717) is 5.69 Å². The molecule has 5 unspecified atom stereocenters. The van der Waals surface area contributed by atoms with Crippen molar-refractivity contribution in [3.63, 3.8) is 0 Å². The summed E-state index contributed by atoms with van der Waals surface area (Å²) in [4.78, 5) is 40.1. The quantitative estimate of drug-likeness (QED) is 0.612. The van der Waals surface area contributed by atoms with Gasteiger partial charge in [-0.1, -0.05) is 26.0 Å². The van der Waals surface area contributed by atoms with Gasteiger partial charge in [-0.25, -0.2) is 0 Å². The standard InChI is InChI=1S/C23H28N2O4/c1-11(2)16-10-17(12(3)8-18(16)29-5)24-21(26)13(4)25-22(27)19-14-6-7-15(9-14)20(19)23(25)28/h6-8,10-11,13-15,19-20H,9H2,1-5H3,(H,24,26). The molecule has 0 aromatic heterocycles. The Bertz CT molecular complexity index is 890. The predicted octanol–water partition coefficient (Wildman–Crippen LogP) is 3.26. The van der Waals surface area contributed by atoms with E-state index in [9.17, 15) is 14.4 Å². The third-order valence-corrected chi connectivity index (χ3v) is 6.73. The summed E-state index contributed by atoms with van der Waals surface area (Å²) in [6, 6.07) is 2.97. The monoisotopic (exact) mass is 396 g/mol. The van der Waals surface area contributed by atoms with Crippen molar-refractivity contribution in [2.75, 3.05) is 12.4 Å². The number of rotatable bonds is 5. The van der Waals surface area contributed by atoms with E-state index in [1.807, 2.05) is 19.1 Å². The van der Waals surface area contributed by atoms with Crippen LogP contribution in [0.3, 0.4) is 0 Å². The van der Waals surface area contributed by atoms with E-state index in [0.717, 1.165) is 23.3 Å². The van der Waals surface area contributed by atoms with Crippen LogP contribution in [-0.4, -0.2) is 35.8 Å². The molecule has 4 rings (SSSR count). The van der Waals surface area contributed by atoms with E-state index in [4.69, 9.17) is 4.74 Å². The average molecular weight is 396 g/mol. The fraction of sp³-hybridized carbons (Fsp3) is 0.522. The largest absolute Gasteiger partial charge is 0.496 e. The zero-order valence-corrected chi connectivity index (χ0v) is 17.6. The molecular weight excluding hydrogens is 368 g/mol. The van der Waals surface area contributed by atoms with Crippen molar-refractivity contribution in [1.29, 1.82) is 0 Å². The number of methoxy groups -OCH3 is 1. The summed E-state index contributed by atoms with van der Waals surface area (Å²) in [5, 5.41) is 2.92. The van der Waals surface area contributed by atoms with Gasteiger partial charge in [0.1, 0.15) is 11.8 Å². The Labute approximate surface area is 171 Å². The lowest BCUT2D eigenvalue weighted by atomic mass is 9.85. The maximum Gasteiger partial charge on any atom is 0.247 e. The number of carbonyl (C=O) groups excluding carboxylic acids is 3. The number of amides is 3. The molecule has 1 aromatic carbocycles. The van der Waals surface area contributed by atoms with Crippen molar-refractivity contribution in [3.8, 4) is 5.75 Å². The first-order valence-electron chi connectivity index (χ1n) is 10.3. The van der Waals surface area contributed by atoms with Gasteiger partial charge in [0.2, 0.25) is 17.7 Å². The number of imide groups is 1. The van der Waals surface area contributed by atoms with Gasteiger partial charge >= 0.3 is 0 Å². The normalized spacial score (nSPS) is 28.3. The van der Waals surface area contributed by atoms with Gasteiger partial charge in [-0.3, -0.25) is 19.3 Å². The Kier molecular flexibility index (Phi) is 4.75. The summed E-state index contributed by atoms with van der Waals surface area (Å²) >= 11 is 0. The topological polar surface area (TPSA) is 75.7 Å². The van der Waals surface area contributed by atoms with Crippen LogP contribution in [0.5, 0.6) is 5.75 Å². The number of nitrogens with zero attached hydrogens (tertiary/aromatic N) is 1. The Morgan fingerprint density at radius 1 is 1.10 bits per heavy atom. The molecule has 0 radical (unpaired) electrons. The number of hydrogen-bond acceptors (Lipinski definition) is 4. The summed E-state index contributed by atoms with van der Waals surface area (Å²) < 4.78 is 5.46. The molecule has 1 aliphatic heterocycles. The first-order chi connectivity index (χ1) is 13.7. The third kappa shape index (κ3) is 2.96. The van der Waals surface area contributed by atoms with Crippen LogP contribution < -0.4 is 10.1 Å². The molecule has 29 heavy (non-hydrogen) atoms. The van der Waals surface area contributed by atoms with Gasteiger partial charge < -0.3 is 10.1 Å². The van der Waals surface area contributed by atoms with E-state index in [1.165, 1.54) is 4.90 Å². The molecule has 2 aliphatic carbocycles. The fourth-order valence-corrected chi connectivity index (χ4v) is 5.12. The molecule has 2 fully saturated rings. The summed E-state index contributed by atoms with van der Waals surface area (Å²) in [7, 11) is 1.63. The SMILES string of the molecule is COc1cc(C)c(NC(=O)C(C)N2C(=O)C3C4C=CC(C4)C3C2=O)cc1C(C)C. The minimum atomic E-state index is -0.844. The molecule has 0 spiro atoms. The molecule has 6 heteroatoms. The van der Waals surface area contributed by atoms with Crippen molar-refractivity contribution in [3.05, 3.63) is 35.4 Å². The number of allylic oxidation sites excluding steroid dienone is 2. The summed E-state index contributed by atoms with van der Waals surface area (Å²) in [6.45, 7) is 7.64. The van der Waals surface area contributed by atoms with Crippen LogP contribution in [0.4, 0.5) is 5.69 Å². The second-order valence-corrected chi connectivity index (χ2v) is 8.78. The van der Waals surface area contributed by atoms with Gasteiger partial charge in [0, 0.05) is 5.69 Å². The third-order valence-electron chi connectivity index (χ3n) is 6.73. The number of likely N-dealkylation sites (tertiary alicyclic amines) is 1. The lowest BCUT2D eigenvalue weighted by molar-refractivity contribution is -0.146. The summed E-state index contributed by atoms with van der Waals surface area (Å²) in [5.74, 6) is -0.0473. The van der Waals surface area contributed by atoms with E-state index in [-0.39, 0.29) is 47.3 Å². The molecule has 2 bridgehead atoms. The van der Waals surface area contributed by atoms with Gasteiger partial charge in [-0.2, -0.15) is 0 Å². The van der Waals surface area contributed by atoms with Crippen LogP contribution in [0.15, 0.2) is 24.3 Å². The fourth-order valence-electron chi connectivity index (χ4n) is 5.12. The zero-order valence-electron chi connectivity index (χ0n) is 17.6. The average Bonchev–Trinajstić information content (AvgIpc) is 3.36. The van der Waals surface area contributed by atoms with Crippen LogP contribution in [0, 0.1) is 30.6 Å². The Morgan fingerprint density at radius 2 is 1.69 bits per heavy atom. The highest BCUT2D eigenvalue weighted by Crippen LogP contribution is 2.52. The molecule has 6 nitrogen and oxygen atoms in total. The van der Waals surface area contributed by atoms with E-state index >= 15 is 0 Å². The minimum Gasteiger partial charge on any atom is -0.496 e. The Morgan fingerprint density at radius 3 is 2.21 bits per heavy atom. The summed E-state index contributed by atoms with van der Waals surface area (Å²) in [6.07, 6.45) is 4.99. The number of hydrogen-bond donors (Lipinski definition) is 1. The second-order valence-electron chi connectivity index (χ2n) is 8.78. The number of nitrogens with one attached hydrogen (secondary N) is 1.